The van der Waals surface area contributed by atoms with Gasteiger partial charge in [0.25, 0.3) is 5.91 Å². The maximum Gasteiger partial charge on any atom is 0.273 e. The number of aromatic nitrogens is 1. The lowest BCUT2D eigenvalue weighted by atomic mass is 10.1. The summed E-state index contributed by atoms with van der Waals surface area (Å²) in [6, 6.07) is 10.6. The summed E-state index contributed by atoms with van der Waals surface area (Å²) < 4.78 is 0. The highest BCUT2D eigenvalue weighted by Gasteiger charge is 2.24. The number of nitrogens with zero attached hydrogens (tertiary/aromatic N) is 3. The van der Waals surface area contributed by atoms with Crippen LogP contribution in [0.15, 0.2) is 41.1 Å². The summed E-state index contributed by atoms with van der Waals surface area (Å²) >= 11 is 3.34. The molecule has 0 spiro atoms. The first-order valence-electron chi connectivity index (χ1n) is 9.17. The molecule has 0 unspecified atom stereocenters. The molecule has 4 rings (SSSR count). The Morgan fingerprint density at radius 3 is 2.63 bits per heavy atom. The van der Waals surface area contributed by atoms with Crippen LogP contribution in [0.1, 0.15) is 26.5 Å². The SMILES string of the molecule is Cc1ccc(-c2nc(C(=O)N3CCN(Cc4cccs4)CC3)cs2)c(C)c1. The van der Waals surface area contributed by atoms with Crippen molar-refractivity contribution in [1.29, 1.82) is 0 Å². The third-order valence-corrected chi connectivity index (χ3v) is 6.69. The number of carbonyl (C=O) groups is 1. The number of hydrogen-bond donors (Lipinski definition) is 0. The standard InChI is InChI=1S/C21H23N3OS2/c1-15-5-6-18(16(2)12-15)20-22-19(14-27-20)21(25)24-9-7-23(8-10-24)13-17-4-3-11-26-17/h3-6,11-12,14H,7-10,13H2,1-2H3. The second-order valence-corrected chi connectivity index (χ2v) is 8.89. The Labute approximate surface area is 168 Å². The lowest BCUT2D eigenvalue weighted by Gasteiger charge is -2.34. The largest absolute Gasteiger partial charge is 0.335 e. The molecule has 0 atom stereocenters. The van der Waals surface area contributed by atoms with E-state index in [-0.39, 0.29) is 5.91 Å². The van der Waals surface area contributed by atoms with Crippen molar-refractivity contribution in [3.63, 3.8) is 0 Å². The van der Waals surface area contributed by atoms with E-state index in [4.69, 9.17) is 0 Å². The Morgan fingerprint density at radius 1 is 1.11 bits per heavy atom. The molecule has 0 saturated carbocycles. The molecule has 1 saturated heterocycles. The molecule has 1 aliphatic heterocycles. The highest BCUT2D eigenvalue weighted by atomic mass is 32.1. The van der Waals surface area contributed by atoms with Crippen molar-refractivity contribution in [3.8, 4) is 10.6 Å². The van der Waals surface area contributed by atoms with E-state index in [1.54, 1.807) is 22.7 Å². The van der Waals surface area contributed by atoms with Crippen LogP contribution in [0.25, 0.3) is 10.6 Å². The zero-order valence-corrected chi connectivity index (χ0v) is 17.3. The maximum atomic E-state index is 12.9. The summed E-state index contributed by atoms with van der Waals surface area (Å²) in [5.74, 6) is 0.0537. The van der Waals surface area contributed by atoms with Crippen molar-refractivity contribution in [2.45, 2.75) is 20.4 Å². The highest BCUT2D eigenvalue weighted by Crippen LogP contribution is 2.28. The number of thiazole rings is 1. The fraction of sp³-hybridized carbons (Fsp3) is 0.333. The molecule has 3 aromatic rings. The van der Waals surface area contributed by atoms with E-state index in [0.29, 0.717) is 5.69 Å². The first kappa shape index (κ1) is 18.3. The van der Waals surface area contributed by atoms with Crippen LogP contribution in [0, 0.1) is 13.8 Å². The topological polar surface area (TPSA) is 36.4 Å². The van der Waals surface area contributed by atoms with Crippen LogP contribution in [0.3, 0.4) is 0 Å². The molecule has 0 radical (unpaired) electrons. The average molecular weight is 398 g/mol. The number of piperazine rings is 1. The number of carbonyl (C=O) groups excluding carboxylic acids is 1. The molecule has 1 fully saturated rings. The van der Waals surface area contributed by atoms with E-state index in [1.807, 2.05) is 10.3 Å². The molecule has 27 heavy (non-hydrogen) atoms. The quantitative estimate of drug-likeness (QED) is 0.653. The Hall–Kier alpha value is -2.02. The number of aryl methyl sites for hydroxylation is 2. The van der Waals surface area contributed by atoms with E-state index in [2.05, 4.69) is 59.4 Å². The Balaban J connectivity index is 1.40. The smallest absolute Gasteiger partial charge is 0.273 e. The predicted octanol–water partition coefficient (Wildman–Crippen LogP) is 4.45. The first-order chi connectivity index (χ1) is 13.1. The molecule has 4 nitrogen and oxygen atoms in total. The lowest BCUT2D eigenvalue weighted by molar-refractivity contribution is 0.0625. The zero-order valence-electron chi connectivity index (χ0n) is 15.6. The number of thiophene rings is 1. The van der Waals surface area contributed by atoms with Gasteiger partial charge < -0.3 is 4.90 Å². The predicted molar refractivity (Wildman–Crippen MR) is 113 cm³/mol. The molecule has 6 heteroatoms. The normalized spacial score (nSPS) is 15.3. The summed E-state index contributed by atoms with van der Waals surface area (Å²) in [4.78, 5) is 23.2. The molecule has 2 aromatic heterocycles. The monoisotopic (exact) mass is 397 g/mol. The van der Waals surface area contributed by atoms with Crippen molar-refractivity contribution in [2.75, 3.05) is 26.2 Å². The minimum atomic E-state index is 0.0537. The van der Waals surface area contributed by atoms with Gasteiger partial charge in [-0.05, 0) is 30.9 Å². The number of rotatable bonds is 4. The molecule has 1 aromatic carbocycles. The van der Waals surface area contributed by atoms with E-state index >= 15 is 0 Å². The van der Waals surface area contributed by atoms with Gasteiger partial charge in [0.1, 0.15) is 10.7 Å². The van der Waals surface area contributed by atoms with Gasteiger partial charge in [0, 0.05) is 48.5 Å². The third-order valence-electron chi connectivity index (χ3n) is 4.95. The molecule has 3 heterocycles. The molecule has 1 aliphatic rings. The Morgan fingerprint density at radius 2 is 1.93 bits per heavy atom. The fourth-order valence-corrected chi connectivity index (χ4v) is 5.07. The fourth-order valence-electron chi connectivity index (χ4n) is 3.44. The average Bonchev–Trinajstić information content (AvgIpc) is 3.34. The van der Waals surface area contributed by atoms with Crippen molar-refractivity contribution in [3.05, 3.63) is 62.8 Å². The molecular formula is C21H23N3OS2. The van der Waals surface area contributed by atoms with Crippen molar-refractivity contribution in [2.24, 2.45) is 0 Å². The van der Waals surface area contributed by atoms with Crippen LogP contribution in [-0.2, 0) is 6.54 Å². The van der Waals surface area contributed by atoms with Gasteiger partial charge in [0.15, 0.2) is 0 Å². The zero-order chi connectivity index (χ0) is 18.8. The van der Waals surface area contributed by atoms with Gasteiger partial charge in [-0.2, -0.15) is 0 Å². The van der Waals surface area contributed by atoms with Crippen molar-refractivity contribution >= 4 is 28.6 Å². The van der Waals surface area contributed by atoms with Crippen LogP contribution in [-0.4, -0.2) is 46.9 Å². The molecular weight excluding hydrogens is 374 g/mol. The van der Waals surface area contributed by atoms with Crippen molar-refractivity contribution < 1.29 is 4.79 Å². The van der Waals surface area contributed by atoms with Crippen molar-refractivity contribution in [1.82, 2.24) is 14.8 Å². The number of hydrogen-bond acceptors (Lipinski definition) is 5. The van der Waals surface area contributed by atoms with Gasteiger partial charge in [-0.15, -0.1) is 22.7 Å². The van der Waals surface area contributed by atoms with Crippen LogP contribution in [0.4, 0.5) is 0 Å². The summed E-state index contributed by atoms with van der Waals surface area (Å²) in [6.45, 7) is 8.52. The van der Waals surface area contributed by atoms with E-state index < -0.39 is 0 Å². The van der Waals surface area contributed by atoms with Crippen LogP contribution in [0.2, 0.25) is 0 Å². The van der Waals surface area contributed by atoms with Gasteiger partial charge in [-0.1, -0.05) is 29.8 Å². The lowest BCUT2D eigenvalue weighted by Crippen LogP contribution is -2.48. The van der Waals surface area contributed by atoms with E-state index in [9.17, 15) is 4.79 Å². The third kappa shape index (κ3) is 4.13. The van der Waals surface area contributed by atoms with Crippen LogP contribution in [0.5, 0.6) is 0 Å². The summed E-state index contributed by atoms with van der Waals surface area (Å²) in [5.41, 5.74) is 4.13. The Bertz CT molecular complexity index is 925. The minimum absolute atomic E-state index is 0.0537. The van der Waals surface area contributed by atoms with E-state index in [1.165, 1.54) is 16.0 Å². The molecule has 140 valence electrons. The molecule has 0 N–H and O–H groups in total. The van der Waals surface area contributed by atoms with Gasteiger partial charge in [-0.25, -0.2) is 4.98 Å². The minimum Gasteiger partial charge on any atom is -0.335 e. The van der Waals surface area contributed by atoms with Gasteiger partial charge in [0.2, 0.25) is 0 Å². The van der Waals surface area contributed by atoms with Crippen LogP contribution >= 0.6 is 22.7 Å². The van der Waals surface area contributed by atoms with Gasteiger partial charge in [-0.3, -0.25) is 9.69 Å². The Kier molecular flexibility index (Phi) is 5.38. The number of benzene rings is 1. The summed E-state index contributed by atoms with van der Waals surface area (Å²) in [7, 11) is 0. The molecule has 0 aliphatic carbocycles. The maximum absolute atomic E-state index is 12.9. The molecule has 0 bridgehead atoms. The highest BCUT2D eigenvalue weighted by molar-refractivity contribution is 7.13. The summed E-state index contributed by atoms with van der Waals surface area (Å²) in [5, 5.41) is 4.94. The number of amides is 1. The van der Waals surface area contributed by atoms with Gasteiger partial charge >= 0.3 is 0 Å². The van der Waals surface area contributed by atoms with Crippen LogP contribution < -0.4 is 0 Å². The van der Waals surface area contributed by atoms with Gasteiger partial charge in [0.05, 0.1) is 0 Å². The molecule has 1 amide bonds. The second-order valence-electron chi connectivity index (χ2n) is 7.00. The second kappa shape index (κ2) is 7.92. The van der Waals surface area contributed by atoms with E-state index in [0.717, 1.165) is 43.3 Å². The first-order valence-corrected chi connectivity index (χ1v) is 10.9. The summed E-state index contributed by atoms with van der Waals surface area (Å²) in [6.07, 6.45) is 0.